The van der Waals surface area contributed by atoms with E-state index in [-0.39, 0.29) is 24.4 Å². The molecule has 0 spiro atoms. The second kappa shape index (κ2) is 7.36. The first kappa shape index (κ1) is 15.0. The molecular weight excluding hydrogens is 252 g/mol. The first-order chi connectivity index (χ1) is 8.29. The summed E-state index contributed by atoms with van der Waals surface area (Å²) in [4.78, 5) is 11.9. The van der Waals surface area contributed by atoms with Gasteiger partial charge in [0.25, 0.3) is 5.91 Å². The molecule has 5 heteroatoms. The predicted molar refractivity (Wildman–Crippen MR) is 74.3 cm³/mol. The fraction of sp³-hybridized carbons (Fsp3) is 0.462. The van der Waals surface area contributed by atoms with E-state index in [0.29, 0.717) is 13.2 Å². The maximum Gasteiger partial charge on any atom is 0.254 e. The first-order valence-corrected chi connectivity index (χ1v) is 6.01. The molecule has 2 rings (SSSR count). The van der Waals surface area contributed by atoms with E-state index < -0.39 is 0 Å². The van der Waals surface area contributed by atoms with Crippen LogP contribution in [0.25, 0.3) is 0 Å². The van der Waals surface area contributed by atoms with E-state index in [0.717, 1.165) is 18.7 Å². The van der Waals surface area contributed by atoms with E-state index in [9.17, 15) is 4.79 Å². The molecular formula is C13H19ClN2O2. The fourth-order valence-electron chi connectivity index (χ4n) is 1.83. The van der Waals surface area contributed by atoms with Crippen LogP contribution in [0.4, 0.5) is 5.69 Å². The Balaban J connectivity index is 0.00000162. The van der Waals surface area contributed by atoms with Gasteiger partial charge in [0.05, 0.1) is 6.61 Å². The van der Waals surface area contributed by atoms with Gasteiger partial charge in [-0.2, -0.15) is 0 Å². The normalized spacial score (nSPS) is 18.8. The summed E-state index contributed by atoms with van der Waals surface area (Å²) in [6.07, 6.45) is 0.583. The predicted octanol–water partition coefficient (Wildman–Crippen LogP) is 1.60. The van der Waals surface area contributed by atoms with Crippen LogP contribution in [0.1, 0.15) is 12.5 Å². The van der Waals surface area contributed by atoms with Crippen molar-refractivity contribution in [2.75, 3.05) is 25.0 Å². The molecule has 1 aromatic rings. The van der Waals surface area contributed by atoms with Crippen LogP contribution in [0.15, 0.2) is 24.3 Å². The highest BCUT2D eigenvalue weighted by Crippen LogP contribution is 2.12. The molecule has 1 saturated heterocycles. The van der Waals surface area contributed by atoms with Crippen LogP contribution < -0.4 is 10.6 Å². The molecule has 1 atom stereocenters. The summed E-state index contributed by atoms with van der Waals surface area (Å²) < 4.78 is 5.39. The highest BCUT2D eigenvalue weighted by molar-refractivity contribution is 5.94. The lowest BCUT2D eigenvalue weighted by Gasteiger charge is -2.22. The van der Waals surface area contributed by atoms with Crippen LogP contribution in [-0.2, 0) is 16.0 Å². The third-order valence-corrected chi connectivity index (χ3v) is 2.82. The SMILES string of the molecule is CCc1cccc(NC(=O)C2CNCCO2)c1.Cl. The molecule has 1 aromatic carbocycles. The van der Waals surface area contributed by atoms with Gasteiger partial charge in [0, 0.05) is 18.8 Å². The van der Waals surface area contributed by atoms with Crippen molar-refractivity contribution >= 4 is 24.0 Å². The first-order valence-electron chi connectivity index (χ1n) is 6.01. The van der Waals surface area contributed by atoms with Gasteiger partial charge in [-0.05, 0) is 24.1 Å². The molecule has 100 valence electrons. The van der Waals surface area contributed by atoms with Crippen molar-refractivity contribution in [3.8, 4) is 0 Å². The lowest BCUT2D eigenvalue weighted by Crippen LogP contribution is -2.45. The molecule has 0 bridgehead atoms. The number of morpholine rings is 1. The van der Waals surface area contributed by atoms with Gasteiger partial charge in [0.15, 0.2) is 0 Å². The number of ether oxygens (including phenoxy) is 1. The van der Waals surface area contributed by atoms with E-state index >= 15 is 0 Å². The molecule has 0 saturated carbocycles. The fourth-order valence-corrected chi connectivity index (χ4v) is 1.83. The van der Waals surface area contributed by atoms with Crippen LogP contribution in [0.2, 0.25) is 0 Å². The Bertz CT molecular complexity index is 392. The van der Waals surface area contributed by atoms with Crippen LogP contribution >= 0.6 is 12.4 Å². The summed E-state index contributed by atoms with van der Waals surface area (Å²) in [5.41, 5.74) is 2.05. The summed E-state index contributed by atoms with van der Waals surface area (Å²) in [6.45, 7) is 4.08. The van der Waals surface area contributed by atoms with Gasteiger partial charge in [-0.1, -0.05) is 19.1 Å². The second-order valence-electron chi connectivity index (χ2n) is 4.11. The van der Waals surface area contributed by atoms with E-state index in [2.05, 4.69) is 17.6 Å². The number of nitrogens with one attached hydrogen (secondary N) is 2. The van der Waals surface area contributed by atoms with Crippen molar-refractivity contribution in [3.05, 3.63) is 29.8 Å². The van der Waals surface area contributed by atoms with Crippen LogP contribution in [-0.4, -0.2) is 31.7 Å². The quantitative estimate of drug-likeness (QED) is 0.877. The topological polar surface area (TPSA) is 50.4 Å². The van der Waals surface area contributed by atoms with Crippen molar-refractivity contribution in [1.82, 2.24) is 5.32 Å². The zero-order chi connectivity index (χ0) is 12.1. The average molecular weight is 271 g/mol. The number of carbonyl (C=O) groups excluding carboxylic acids is 1. The number of hydrogen-bond acceptors (Lipinski definition) is 3. The number of amides is 1. The summed E-state index contributed by atoms with van der Waals surface area (Å²) in [5, 5.41) is 6.02. The third-order valence-electron chi connectivity index (χ3n) is 2.82. The third kappa shape index (κ3) is 3.98. The Kier molecular flexibility index (Phi) is 6.12. The number of aryl methyl sites for hydroxylation is 1. The zero-order valence-electron chi connectivity index (χ0n) is 10.4. The number of anilines is 1. The number of benzene rings is 1. The van der Waals surface area contributed by atoms with Crippen molar-refractivity contribution < 1.29 is 9.53 Å². The minimum Gasteiger partial charge on any atom is -0.366 e. The van der Waals surface area contributed by atoms with Crippen molar-refractivity contribution in [1.29, 1.82) is 0 Å². The molecule has 0 aromatic heterocycles. The molecule has 1 aliphatic heterocycles. The number of halogens is 1. The molecule has 18 heavy (non-hydrogen) atoms. The Labute approximate surface area is 114 Å². The molecule has 2 N–H and O–H groups in total. The van der Waals surface area contributed by atoms with Crippen molar-refractivity contribution in [3.63, 3.8) is 0 Å². The Hall–Kier alpha value is -1.10. The molecule has 4 nitrogen and oxygen atoms in total. The van der Waals surface area contributed by atoms with E-state index in [1.54, 1.807) is 0 Å². The van der Waals surface area contributed by atoms with Gasteiger partial charge in [-0.15, -0.1) is 12.4 Å². The summed E-state index contributed by atoms with van der Waals surface area (Å²) in [6, 6.07) is 7.89. The van der Waals surface area contributed by atoms with Crippen molar-refractivity contribution in [2.45, 2.75) is 19.4 Å². The maximum atomic E-state index is 11.9. The van der Waals surface area contributed by atoms with Crippen LogP contribution in [0, 0.1) is 0 Å². The molecule has 0 aliphatic carbocycles. The Morgan fingerprint density at radius 3 is 3.06 bits per heavy atom. The number of hydrogen-bond donors (Lipinski definition) is 2. The summed E-state index contributed by atoms with van der Waals surface area (Å²) in [5.74, 6) is -0.0783. The van der Waals surface area contributed by atoms with E-state index in [1.165, 1.54) is 5.56 Å². The molecule has 1 fully saturated rings. The largest absolute Gasteiger partial charge is 0.366 e. The highest BCUT2D eigenvalue weighted by atomic mass is 35.5. The highest BCUT2D eigenvalue weighted by Gasteiger charge is 2.21. The standard InChI is InChI=1S/C13H18N2O2.ClH/c1-2-10-4-3-5-11(8-10)15-13(16)12-9-14-6-7-17-12;/h3-5,8,12,14H,2,6-7,9H2,1H3,(H,15,16);1H. The van der Waals surface area contributed by atoms with E-state index in [1.807, 2.05) is 24.3 Å². The lowest BCUT2D eigenvalue weighted by atomic mass is 10.1. The number of rotatable bonds is 3. The maximum absolute atomic E-state index is 11.9. The molecule has 1 aliphatic rings. The summed E-state index contributed by atoms with van der Waals surface area (Å²) >= 11 is 0. The molecule has 1 amide bonds. The van der Waals surface area contributed by atoms with Gasteiger partial charge in [0.1, 0.15) is 6.10 Å². The van der Waals surface area contributed by atoms with Crippen LogP contribution in [0.5, 0.6) is 0 Å². The van der Waals surface area contributed by atoms with Gasteiger partial charge in [-0.3, -0.25) is 4.79 Å². The molecule has 1 unspecified atom stereocenters. The Morgan fingerprint density at radius 2 is 2.39 bits per heavy atom. The van der Waals surface area contributed by atoms with E-state index in [4.69, 9.17) is 4.74 Å². The smallest absolute Gasteiger partial charge is 0.254 e. The lowest BCUT2D eigenvalue weighted by molar-refractivity contribution is -0.128. The molecule has 1 heterocycles. The van der Waals surface area contributed by atoms with Crippen LogP contribution in [0.3, 0.4) is 0 Å². The zero-order valence-corrected chi connectivity index (χ0v) is 11.3. The second-order valence-corrected chi connectivity index (χ2v) is 4.11. The minimum absolute atomic E-state index is 0. The minimum atomic E-state index is -0.381. The van der Waals surface area contributed by atoms with Crippen molar-refractivity contribution in [2.24, 2.45) is 0 Å². The average Bonchev–Trinajstić information content (AvgIpc) is 2.40. The van der Waals surface area contributed by atoms with Gasteiger partial charge >= 0.3 is 0 Å². The molecule has 0 radical (unpaired) electrons. The van der Waals surface area contributed by atoms with Gasteiger partial charge < -0.3 is 15.4 Å². The Morgan fingerprint density at radius 1 is 1.56 bits per heavy atom. The monoisotopic (exact) mass is 270 g/mol. The van der Waals surface area contributed by atoms with Gasteiger partial charge in [0.2, 0.25) is 0 Å². The van der Waals surface area contributed by atoms with Gasteiger partial charge in [-0.25, -0.2) is 0 Å². The summed E-state index contributed by atoms with van der Waals surface area (Å²) in [7, 11) is 0. The number of carbonyl (C=O) groups is 1.